The molecule has 0 aromatic rings. The summed E-state index contributed by atoms with van der Waals surface area (Å²) in [4.78, 5) is 11.5. The van der Waals surface area contributed by atoms with Crippen molar-refractivity contribution in [1.29, 1.82) is 0 Å². The second kappa shape index (κ2) is 15.3. The number of hydrogen-bond donors (Lipinski definition) is 1. The van der Waals surface area contributed by atoms with Crippen LogP contribution in [0.25, 0.3) is 0 Å². The summed E-state index contributed by atoms with van der Waals surface area (Å²) < 4.78 is 1.29. The first-order valence-electron chi connectivity index (χ1n) is 7.64. The van der Waals surface area contributed by atoms with Gasteiger partial charge in [0.05, 0.1) is 0 Å². The van der Waals surface area contributed by atoms with Gasteiger partial charge in [-0.3, -0.25) is 4.79 Å². The number of carbonyl (C=O) groups excluding carboxylic acids is 1. The van der Waals surface area contributed by atoms with Gasteiger partial charge in [-0.15, -0.1) is 0 Å². The van der Waals surface area contributed by atoms with Crippen LogP contribution in [0.2, 0.25) is 0 Å². The molecule has 1 N–H and O–H groups in total. The number of hydrogen-bond acceptors (Lipinski definition) is 1. The molecule has 0 rings (SSSR count). The van der Waals surface area contributed by atoms with Gasteiger partial charge in [0.15, 0.2) is 0 Å². The maximum absolute atomic E-state index is 11.5. The van der Waals surface area contributed by atoms with E-state index in [1.54, 1.807) is 0 Å². The summed E-state index contributed by atoms with van der Waals surface area (Å²) in [5.41, 5.74) is 0. The van der Waals surface area contributed by atoms with E-state index in [-0.39, 0.29) is 5.91 Å². The topological polar surface area (TPSA) is 29.1 Å². The molecule has 3 heteroatoms. The first-order chi connectivity index (χ1) is 8.81. The Hall–Kier alpha value is 0.200. The number of rotatable bonds is 13. The van der Waals surface area contributed by atoms with Gasteiger partial charge in [-0.2, -0.15) is 0 Å². The van der Waals surface area contributed by atoms with Gasteiger partial charge in [0.2, 0.25) is 5.91 Å². The highest BCUT2D eigenvalue weighted by Gasteiger charge is 1.99. The number of unbranched alkanes of at least 4 members (excludes halogenated alkanes) is 8. The molecule has 0 saturated heterocycles. The first kappa shape index (κ1) is 18.2. The van der Waals surface area contributed by atoms with E-state index in [2.05, 4.69) is 34.8 Å². The van der Waals surface area contributed by atoms with Crippen LogP contribution in [0.1, 0.15) is 77.6 Å². The molecule has 2 nitrogen and oxygen atoms in total. The van der Waals surface area contributed by atoms with E-state index < -0.39 is 0 Å². The molecule has 0 unspecified atom stereocenters. The van der Waals surface area contributed by atoms with Crippen LogP contribution in [0.5, 0.6) is 0 Å². The largest absolute Gasteiger partial charge is 0.356 e. The third-order valence-corrected chi connectivity index (χ3v) is 3.90. The Balaban J connectivity index is 3.10. The molecule has 0 bridgehead atoms. The summed E-state index contributed by atoms with van der Waals surface area (Å²) >= 11 is 2.44. The Morgan fingerprint density at radius 3 is 2.11 bits per heavy atom. The summed E-state index contributed by atoms with van der Waals surface area (Å²) in [7, 11) is 0. The van der Waals surface area contributed by atoms with Crippen molar-refractivity contribution in [2.75, 3.05) is 11.0 Å². The summed E-state index contributed by atoms with van der Waals surface area (Å²) in [5, 5.41) is 3.00. The van der Waals surface area contributed by atoms with Crippen LogP contribution in [0.3, 0.4) is 0 Å². The van der Waals surface area contributed by atoms with Gasteiger partial charge in [-0.1, -0.05) is 74.5 Å². The monoisotopic (exact) mass is 367 g/mol. The van der Waals surface area contributed by atoms with E-state index >= 15 is 0 Å². The summed E-state index contributed by atoms with van der Waals surface area (Å²) in [6.07, 6.45) is 13.3. The van der Waals surface area contributed by atoms with Crippen LogP contribution >= 0.6 is 22.6 Å². The Morgan fingerprint density at radius 2 is 1.50 bits per heavy atom. The van der Waals surface area contributed by atoms with Crippen molar-refractivity contribution in [3.63, 3.8) is 0 Å². The van der Waals surface area contributed by atoms with E-state index in [9.17, 15) is 4.79 Å². The summed E-state index contributed by atoms with van der Waals surface area (Å²) in [6, 6.07) is 0. The molecular formula is C15H30INO. The van der Waals surface area contributed by atoms with Crippen molar-refractivity contribution in [2.45, 2.75) is 77.6 Å². The van der Waals surface area contributed by atoms with Gasteiger partial charge in [-0.05, 0) is 23.7 Å². The molecular weight excluding hydrogens is 337 g/mol. The minimum Gasteiger partial charge on any atom is -0.356 e. The number of alkyl halides is 1. The molecule has 0 fully saturated rings. The Kier molecular flexibility index (Phi) is 15.4. The van der Waals surface area contributed by atoms with Gasteiger partial charge in [0.25, 0.3) is 0 Å². The predicted octanol–water partition coefficient (Wildman–Crippen LogP) is 4.85. The average molecular weight is 367 g/mol. The van der Waals surface area contributed by atoms with Crippen LogP contribution in [-0.4, -0.2) is 16.9 Å². The van der Waals surface area contributed by atoms with Crippen LogP contribution in [-0.2, 0) is 4.79 Å². The number of carbonyl (C=O) groups is 1. The fourth-order valence-corrected chi connectivity index (χ4v) is 2.49. The molecule has 0 heterocycles. The minimum absolute atomic E-state index is 0.246. The highest BCUT2D eigenvalue weighted by Crippen LogP contribution is 2.09. The van der Waals surface area contributed by atoms with Crippen molar-refractivity contribution < 1.29 is 4.79 Å². The molecule has 0 aromatic heterocycles. The quantitative estimate of drug-likeness (QED) is 0.281. The Morgan fingerprint density at radius 1 is 0.889 bits per heavy atom. The summed E-state index contributed by atoms with van der Waals surface area (Å²) in [6.45, 7) is 3.05. The fraction of sp³-hybridized carbons (Fsp3) is 0.933. The molecule has 0 aromatic carbocycles. The van der Waals surface area contributed by atoms with E-state index in [1.165, 1.54) is 55.8 Å². The van der Waals surface area contributed by atoms with E-state index in [4.69, 9.17) is 0 Å². The van der Waals surface area contributed by atoms with Gasteiger partial charge in [0.1, 0.15) is 0 Å². The van der Waals surface area contributed by atoms with Gasteiger partial charge >= 0.3 is 0 Å². The maximum Gasteiger partial charge on any atom is 0.219 e. The fourth-order valence-electron chi connectivity index (χ4n) is 1.96. The van der Waals surface area contributed by atoms with Gasteiger partial charge < -0.3 is 5.32 Å². The van der Waals surface area contributed by atoms with Gasteiger partial charge in [-0.25, -0.2) is 0 Å². The lowest BCUT2D eigenvalue weighted by atomic mass is 10.1. The molecule has 1 amide bonds. The van der Waals surface area contributed by atoms with Crippen molar-refractivity contribution in [3.8, 4) is 0 Å². The molecule has 0 spiro atoms. The zero-order valence-corrected chi connectivity index (χ0v) is 14.1. The zero-order valence-electron chi connectivity index (χ0n) is 12.0. The third-order valence-electron chi connectivity index (χ3n) is 3.14. The van der Waals surface area contributed by atoms with Crippen molar-refractivity contribution in [2.24, 2.45) is 0 Å². The molecule has 0 radical (unpaired) electrons. The Labute approximate surface area is 127 Å². The van der Waals surface area contributed by atoms with Gasteiger partial charge in [0, 0.05) is 13.0 Å². The minimum atomic E-state index is 0.246. The molecule has 0 aliphatic heterocycles. The Bertz CT molecular complexity index is 185. The third kappa shape index (κ3) is 14.3. The molecule has 108 valence electrons. The van der Waals surface area contributed by atoms with Crippen LogP contribution < -0.4 is 5.32 Å². The highest BCUT2D eigenvalue weighted by atomic mass is 127. The second-order valence-electron chi connectivity index (χ2n) is 4.97. The van der Waals surface area contributed by atoms with Crippen molar-refractivity contribution >= 4 is 28.5 Å². The smallest absolute Gasteiger partial charge is 0.219 e. The lowest BCUT2D eigenvalue weighted by Gasteiger charge is -2.04. The number of halogens is 1. The second-order valence-corrected chi connectivity index (χ2v) is 6.05. The number of nitrogens with one attached hydrogen (secondary N) is 1. The molecule has 0 atom stereocenters. The van der Waals surface area contributed by atoms with Crippen molar-refractivity contribution in [3.05, 3.63) is 0 Å². The van der Waals surface area contributed by atoms with Crippen molar-refractivity contribution in [1.82, 2.24) is 5.32 Å². The lowest BCUT2D eigenvalue weighted by Crippen LogP contribution is -2.23. The summed E-state index contributed by atoms with van der Waals surface area (Å²) in [5.74, 6) is 0.246. The average Bonchev–Trinajstić information content (AvgIpc) is 2.38. The van der Waals surface area contributed by atoms with Crippen LogP contribution in [0.15, 0.2) is 0 Å². The van der Waals surface area contributed by atoms with Crippen LogP contribution in [0.4, 0.5) is 0 Å². The molecule has 18 heavy (non-hydrogen) atoms. The van der Waals surface area contributed by atoms with Crippen LogP contribution in [0, 0.1) is 0 Å². The number of amides is 1. The molecule has 0 saturated carbocycles. The predicted molar refractivity (Wildman–Crippen MR) is 88.4 cm³/mol. The lowest BCUT2D eigenvalue weighted by molar-refractivity contribution is -0.121. The molecule has 0 aliphatic carbocycles. The maximum atomic E-state index is 11.5. The zero-order chi connectivity index (χ0) is 13.5. The van der Waals surface area contributed by atoms with E-state index in [1.807, 2.05) is 0 Å². The normalized spacial score (nSPS) is 10.6. The molecule has 0 aliphatic rings. The standard InChI is InChI=1S/C15H30INO/c1-2-3-11-14-17-15(18)12-9-7-5-4-6-8-10-13-16/h2-14H2,1H3,(H,17,18). The highest BCUT2D eigenvalue weighted by molar-refractivity contribution is 14.1. The SMILES string of the molecule is CCCCCNC(=O)CCCCCCCCCI. The van der Waals surface area contributed by atoms with E-state index in [0.29, 0.717) is 0 Å². The van der Waals surface area contributed by atoms with E-state index in [0.717, 1.165) is 25.8 Å². The first-order valence-corrected chi connectivity index (χ1v) is 9.16.